The first kappa shape index (κ1) is 13.4. The van der Waals surface area contributed by atoms with Crippen LogP contribution < -0.4 is 11.1 Å². The molecule has 0 aliphatic heterocycles. The lowest BCUT2D eigenvalue weighted by Crippen LogP contribution is -2.34. The molecule has 0 spiro atoms. The Balaban J connectivity index is 1.97. The van der Waals surface area contributed by atoms with Crippen molar-refractivity contribution in [2.24, 2.45) is 12.8 Å². The summed E-state index contributed by atoms with van der Waals surface area (Å²) in [6.45, 7) is 2.52. The van der Waals surface area contributed by atoms with Crippen LogP contribution in [0.2, 0.25) is 0 Å². The van der Waals surface area contributed by atoms with Gasteiger partial charge in [0.05, 0.1) is 6.54 Å². The van der Waals surface area contributed by atoms with Gasteiger partial charge < -0.3 is 15.6 Å². The van der Waals surface area contributed by atoms with Gasteiger partial charge in [-0.25, -0.2) is 0 Å². The fourth-order valence-electron chi connectivity index (χ4n) is 1.94. The Morgan fingerprint density at radius 2 is 1.95 bits per heavy atom. The van der Waals surface area contributed by atoms with E-state index in [4.69, 9.17) is 5.73 Å². The van der Waals surface area contributed by atoms with Crippen LogP contribution in [0.15, 0.2) is 42.5 Å². The van der Waals surface area contributed by atoms with Crippen molar-refractivity contribution in [2.45, 2.75) is 19.5 Å². The van der Waals surface area contributed by atoms with Gasteiger partial charge in [-0.1, -0.05) is 30.3 Å². The van der Waals surface area contributed by atoms with Crippen LogP contribution in [0.4, 0.5) is 0 Å². The molecule has 1 unspecified atom stereocenters. The topological polar surface area (TPSA) is 60.1 Å². The molecule has 1 aromatic heterocycles. The molecular formula is C15H19N3O. The summed E-state index contributed by atoms with van der Waals surface area (Å²) in [5.74, 6) is -0.162. The van der Waals surface area contributed by atoms with Crippen LogP contribution in [0.5, 0.6) is 0 Å². The van der Waals surface area contributed by atoms with Crippen LogP contribution in [-0.4, -0.2) is 10.5 Å². The molecule has 1 aromatic carbocycles. The summed E-state index contributed by atoms with van der Waals surface area (Å²) in [5, 5.41) is 2.87. The molecule has 100 valence electrons. The van der Waals surface area contributed by atoms with Gasteiger partial charge in [-0.2, -0.15) is 0 Å². The van der Waals surface area contributed by atoms with Crippen LogP contribution in [0.25, 0.3) is 0 Å². The molecule has 1 atom stereocenters. The Morgan fingerprint density at radius 1 is 1.26 bits per heavy atom. The molecule has 0 bridgehead atoms. The van der Waals surface area contributed by atoms with E-state index in [0.29, 0.717) is 6.54 Å². The minimum absolute atomic E-state index is 0.162. The minimum Gasteiger partial charge on any atom is -0.350 e. The number of hydrogen-bond donors (Lipinski definition) is 2. The van der Waals surface area contributed by atoms with Crippen molar-refractivity contribution in [1.82, 2.24) is 9.88 Å². The van der Waals surface area contributed by atoms with E-state index < -0.39 is 6.04 Å². The normalized spacial score (nSPS) is 12.2. The highest BCUT2D eigenvalue weighted by molar-refractivity contribution is 5.82. The van der Waals surface area contributed by atoms with Crippen LogP contribution in [0.3, 0.4) is 0 Å². The summed E-state index contributed by atoms with van der Waals surface area (Å²) in [6.07, 6.45) is 0. The quantitative estimate of drug-likeness (QED) is 0.875. The van der Waals surface area contributed by atoms with Crippen molar-refractivity contribution in [1.29, 1.82) is 0 Å². The number of aromatic nitrogens is 1. The Labute approximate surface area is 113 Å². The number of nitrogens with zero attached hydrogens (tertiary/aromatic N) is 1. The number of amides is 1. The molecule has 0 radical (unpaired) electrons. The molecule has 4 heteroatoms. The van der Waals surface area contributed by atoms with E-state index in [9.17, 15) is 4.79 Å². The zero-order valence-corrected chi connectivity index (χ0v) is 11.3. The van der Waals surface area contributed by atoms with Crippen LogP contribution in [0.1, 0.15) is 23.0 Å². The number of rotatable bonds is 4. The summed E-state index contributed by atoms with van der Waals surface area (Å²) in [5.41, 5.74) is 8.97. The van der Waals surface area contributed by atoms with Crippen molar-refractivity contribution >= 4 is 5.91 Å². The van der Waals surface area contributed by atoms with Crippen LogP contribution in [0, 0.1) is 6.92 Å². The number of aryl methyl sites for hydroxylation is 1. The van der Waals surface area contributed by atoms with Crippen molar-refractivity contribution in [2.75, 3.05) is 0 Å². The Morgan fingerprint density at radius 3 is 2.53 bits per heavy atom. The molecule has 0 saturated heterocycles. The zero-order chi connectivity index (χ0) is 13.8. The second-order valence-electron chi connectivity index (χ2n) is 4.63. The summed E-state index contributed by atoms with van der Waals surface area (Å²) < 4.78 is 2.05. The highest BCUT2D eigenvalue weighted by atomic mass is 16.2. The van der Waals surface area contributed by atoms with E-state index in [2.05, 4.69) is 5.32 Å². The predicted octanol–water partition coefficient (Wildman–Crippen LogP) is 1.65. The van der Waals surface area contributed by atoms with Crippen molar-refractivity contribution in [3.8, 4) is 0 Å². The van der Waals surface area contributed by atoms with Gasteiger partial charge in [0.25, 0.3) is 0 Å². The van der Waals surface area contributed by atoms with Crippen LogP contribution in [-0.2, 0) is 18.4 Å². The zero-order valence-electron chi connectivity index (χ0n) is 11.3. The molecule has 19 heavy (non-hydrogen) atoms. The average Bonchev–Trinajstić information content (AvgIpc) is 2.76. The molecule has 2 rings (SSSR count). The average molecular weight is 257 g/mol. The van der Waals surface area contributed by atoms with E-state index in [-0.39, 0.29) is 5.91 Å². The molecule has 1 amide bonds. The molecule has 4 nitrogen and oxygen atoms in total. The van der Waals surface area contributed by atoms with E-state index in [0.717, 1.165) is 17.0 Å². The summed E-state index contributed by atoms with van der Waals surface area (Å²) in [6, 6.07) is 12.8. The molecule has 1 heterocycles. The number of carbonyl (C=O) groups excluding carboxylic acids is 1. The van der Waals surface area contributed by atoms with E-state index >= 15 is 0 Å². The highest BCUT2D eigenvalue weighted by Crippen LogP contribution is 2.10. The molecule has 0 aliphatic carbocycles. The molecule has 0 aliphatic rings. The van der Waals surface area contributed by atoms with Gasteiger partial charge in [-0.3, -0.25) is 4.79 Å². The molecule has 2 aromatic rings. The maximum atomic E-state index is 12.0. The summed E-state index contributed by atoms with van der Waals surface area (Å²) in [4.78, 5) is 12.0. The van der Waals surface area contributed by atoms with Crippen molar-refractivity contribution in [3.63, 3.8) is 0 Å². The third kappa shape index (κ3) is 3.03. The number of carbonyl (C=O) groups is 1. The maximum Gasteiger partial charge on any atom is 0.241 e. The molecule has 0 fully saturated rings. The third-order valence-corrected chi connectivity index (χ3v) is 3.36. The fourth-order valence-corrected chi connectivity index (χ4v) is 1.94. The molecule has 0 saturated carbocycles. The number of hydrogen-bond acceptors (Lipinski definition) is 2. The lowest BCUT2D eigenvalue weighted by molar-refractivity contribution is -0.122. The largest absolute Gasteiger partial charge is 0.350 e. The maximum absolute atomic E-state index is 12.0. The van der Waals surface area contributed by atoms with Gasteiger partial charge in [0, 0.05) is 18.4 Å². The second kappa shape index (κ2) is 5.71. The van der Waals surface area contributed by atoms with Crippen molar-refractivity contribution < 1.29 is 4.79 Å². The van der Waals surface area contributed by atoms with E-state index in [1.54, 1.807) is 0 Å². The second-order valence-corrected chi connectivity index (χ2v) is 4.63. The van der Waals surface area contributed by atoms with E-state index in [1.807, 2.05) is 61.0 Å². The number of nitrogens with two attached hydrogens (primary N) is 1. The predicted molar refractivity (Wildman–Crippen MR) is 75.4 cm³/mol. The Bertz CT molecular complexity index is 560. The Hall–Kier alpha value is -2.07. The van der Waals surface area contributed by atoms with Crippen LogP contribution >= 0.6 is 0 Å². The third-order valence-electron chi connectivity index (χ3n) is 3.36. The fraction of sp³-hybridized carbons (Fsp3) is 0.267. The SMILES string of the molecule is Cc1ccc(CNC(=O)C(N)c2ccccc2)n1C. The van der Waals surface area contributed by atoms with Gasteiger partial charge in [0.1, 0.15) is 6.04 Å². The first-order valence-corrected chi connectivity index (χ1v) is 6.29. The first-order chi connectivity index (χ1) is 9.09. The lowest BCUT2D eigenvalue weighted by atomic mass is 10.1. The monoisotopic (exact) mass is 257 g/mol. The summed E-state index contributed by atoms with van der Waals surface area (Å²) >= 11 is 0. The lowest BCUT2D eigenvalue weighted by Gasteiger charge is -2.13. The highest BCUT2D eigenvalue weighted by Gasteiger charge is 2.15. The molecular weight excluding hydrogens is 238 g/mol. The van der Waals surface area contributed by atoms with Gasteiger partial charge >= 0.3 is 0 Å². The van der Waals surface area contributed by atoms with Gasteiger partial charge in [0.15, 0.2) is 0 Å². The number of nitrogens with one attached hydrogen (secondary N) is 1. The molecule has 3 N–H and O–H groups in total. The first-order valence-electron chi connectivity index (χ1n) is 6.29. The van der Waals surface area contributed by atoms with E-state index in [1.165, 1.54) is 0 Å². The summed E-state index contributed by atoms with van der Waals surface area (Å²) in [7, 11) is 1.98. The van der Waals surface area contributed by atoms with Crippen molar-refractivity contribution in [3.05, 3.63) is 59.4 Å². The Kier molecular flexibility index (Phi) is 4.02. The van der Waals surface area contributed by atoms with Gasteiger partial charge in [0.2, 0.25) is 5.91 Å². The van der Waals surface area contributed by atoms with Gasteiger partial charge in [-0.05, 0) is 24.6 Å². The minimum atomic E-state index is -0.623. The smallest absolute Gasteiger partial charge is 0.241 e. The number of benzene rings is 1. The van der Waals surface area contributed by atoms with Gasteiger partial charge in [-0.15, -0.1) is 0 Å². The standard InChI is InChI=1S/C15H19N3O/c1-11-8-9-13(18(11)2)10-17-15(19)14(16)12-6-4-3-5-7-12/h3-9,14H,10,16H2,1-2H3,(H,17,19).